The van der Waals surface area contributed by atoms with Crippen LogP contribution in [-0.4, -0.2) is 80.9 Å². The van der Waals surface area contributed by atoms with Crippen LogP contribution in [0.15, 0.2) is 24.3 Å². The van der Waals surface area contributed by atoms with E-state index >= 15 is 0 Å². The highest BCUT2D eigenvalue weighted by Gasteiger charge is 2.50. The van der Waals surface area contributed by atoms with Crippen LogP contribution in [0.1, 0.15) is 82.7 Å². The van der Waals surface area contributed by atoms with E-state index in [-0.39, 0.29) is 22.3 Å². The largest absolute Gasteiger partial charge is 0.507 e. The number of phenols is 2. The van der Waals surface area contributed by atoms with Gasteiger partial charge in [0.25, 0.3) is 0 Å². The summed E-state index contributed by atoms with van der Waals surface area (Å²) in [4.78, 5) is 62.9. The zero-order valence-corrected chi connectivity index (χ0v) is 24.1. The maximum absolute atomic E-state index is 13.5. The molecule has 0 bridgehead atoms. The molecule has 0 radical (unpaired) electrons. The van der Waals surface area contributed by atoms with E-state index < -0.39 is 114 Å². The first-order valence-corrected chi connectivity index (χ1v) is 13.8. The lowest BCUT2D eigenvalue weighted by molar-refractivity contribution is -0.254. The first kappa shape index (κ1) is 32.1. The van der Waals surface area contributed by atoms with Gasteiger partial charge in [0.2, 0.25) is 0 Å². The number of aromatic hydroxyl groups is 2. The van der Waals surface area contributed by atoms with Crippen molar-refractivity contribution in [3.05, 3.63) is 57.6 Å². The zero-order chi connectivity index (χ0) is 33.2. The summed E-state index contributed by atoms with van der Waals surface area (Å²) in [5.41, 5.74) is -3.84. The standard InChI is InChI=1S/C30H28F3NO11/c1-11-27(44-13(3)36)17(34-28(41)30(31,32)33)8-19(43-11)45-18-10-29(42,12(2)35)9-16-20(18)26(40)22-21(25(16)39)23(37)14-6-4-5-7-15(14)24(22)38/h4-7,11,17-19,27,39-40,42H,8-10H2,1-3H3,(H,34,41). The summed E-state index contributed by atoms with van der Waals surface area (Å²) in [7, 11) is 0. The molecule has 240 valence electrons. The van der Waals surface area contributed by atoms with Crippen LogP contribution in [0.3, 0.4) is 0 Å². The van der Waals surface area contributed by atoms with E-state index in [1.54, 1.807) is 5.32 Å². The number of aliphatic hydroxyl groups is 1. The molecule has 1 amide bonds. The lowest BCUT2D eigenvalue weighted by atomic mass is 9.72. The van der Waals surface area contributed by atoms with Crippen molar-refractivity contribution in [2.24, 2.45) is 0 Å². The molecule has 2 aromatic rings. The molecule has 1 saturated heterocycles. The molecule has 0 spiro atoms. The SMILES string of the molecule is CC(=O)OC1C(NC(=O)C(F)(F)F)CC(OC2CC(O)(C(C)=O)Cc3c(O)c4c(c(O)c32)C(=O)c2ccccc2C4=O)OC1C. The van der Waals surface area contributed by atoms with Crippen LogP contribution in [0.4, 0.5) is 13.2 Å². The van der Waals surface area contributed by atoms with E-state index in [2.05, 4.69) is 0 Å². The summed E-state index contributed by atoms with van der Waals surface area (Å²) in [6.07, 6.45) is -12.5. The maximum atomic E-state index is 13.5. The first-order chi connectivity index (χ1) is 20.9. The Balaban J connectivity index is 1.57. The molecule has 4 N–H and O–H groups in total. The summed E-state index contributed by atoms with van der Waals surface area (Å²) in [6.45, 7) is 3.42. The highest BCUT2D eigenvalue weighted by atomic mass is 19.4. The fraction of sp³-hybridized carbons (Fsp3) is 0.433. The molecular weight excluding hydrogens is 607 g/mol. The number of halogens is 3. The normalized spacial score (nSPS) is 27.6. The Morgan fingerprint density at radius 3 is 2.13 bits per heavy atom. The van der Waals surface area contributed by atoms with Crippen molar-refractivity contribution in [1.29, 1.82) is 0 Å². The number of esters is 1. The molecular formula is C30H28F3NO11. The zero-order valence-electron chi connectivity index (χ0n) is 24.1. The number of fused-ring (bicyclic) bond motifs is 3. The number of hydrogen-bond acceptors (Lipinski definition) is 11. The highest BCUT2D eigenvalue weighted by Crippen LogP contribution is 2.52. The number of alkyl halides is 3. The van der Waals surface area contributed by atoms with Gasteiger partial charge in [0.15, 0.2) is 23.6 Å². The van der Waals surface area contributed by atoms with Crippen LogP contribution in [-0.2, 0) is 35.0 Å². The van der Waals surface area contributed by atoms with Crippen LogP contribution in [0.2, 0.25) is 0 Å². The van der Waals surface area contributed by atoms with E-state index in [1.165, 1.54) is 31.2 Å². The number of carbonyl (C=O) groups excluding carboxylic acids is 5. The predicted octanol–water partition coefficient (Wildman–Crippen LogP) is 2.31. The number of nitrogens with one attached hydrogen (secondary N) is 1. The lowest BCUT2D eigenvalue weighted by Crippen LogP contribution is -2.58. The second-order valence-corrected chi connectivity index (χ2v) is 11.3. The van der Waals surface area contributed by atoms with Crippen molar-refractivity contribution in [1.82, 2.24) is 5.32 Å². The van der Waals surface area contributed by atoms with E-state index in [4.69, 9.17) is 14.2 Å². The Morgan fingerprint density at radius 2 is 1.60 bits per heavy atom. The molecule has 2 aromatic carbocycles. The van der Waals surface area contributed by atoms with Gasteiger partial charge in [0.05, 0.1) is 29.4 Å². The fourth-order valence-corrected chi connectivity index (χ4v) is 6.14. The monoisotopic (exact) mass is 635 g/mol. The third-order valence-electron chi connectivity index (χ3n) is 8.29. The summed E-state index contributed by atoms with van der Waals surface area (Å²) in [6, 6.07) is 4.26. The van der Waals surface area contributed by atoms with Gasteiger partial charge in [-0.3, -0.25) is 24.0 Å². The molecule has 12 nitrogen and oxygen atoms in total. The van der Waals surface area contributed by atoms with Crippen LogP contribution in [0.5, 0.6) is 11.5 Å². The minimum absolute atomic E-state index is 0.0334. The first-order valence-electron chi connectivity index (χ1n) is 13.8. The third kappa shape index (κ3) is 5.55. The summed E-state index contributed by atoms with van der Waals surface area (Å²) >= 11 is 0. The second kappa shape index (κ2) is 11.2. The number of ketones is 3. The van der Waals surface area contributed by atoms with E-state index in [0.29, 0.717) is 0 Å². The van der Waals surface area contributed by atoms with Crippen LogP contribution < -0.4 is 5.32 Å². The van der Waals surface area contributed by atoms with E-state index in [1.807, 2.05) is 0 Å². The van der Waals surface area contributed by atoms with Gasteiger partial charge in [-0.25, -0.2) is 0 Å². The van der Waals surface area contributed by atoms with Gasteiger partial charge in [0.1, 0.15) is 23.2 Å². The Bertz CT molecular complexity index is 1640. The molecule has 0 saturated carbocycles. The average molecular weight is 636 g/mol. The van der Waals surface area contributed by atoms with Gasteiger partial charge in [0, 0.05) is 48.4 Å². The summed E-state index contributed by atoms with van der Waals surface area (Å²) in [5, 5.41) is 35.9. The molecule has 6 unspecified atom stereocenters. The summed E-state index contributed by atoms with van der Waals surface area (Å²) in [5.74, 6) is -7.04. The van der Waals surface area contributed by atoms with Crippen molar-refractivity contribution >= 4 is 29.2 Å². The van der Waals surface area contributed by atoms with Crippen molar-refractivity contribution < 1.29 is 66.7 Å². The molecule has 3 aliphatic rings. The van der Waals surface area contributed by atoms with Gasteiger partial charge in [-0.1, -0.05) is 24.3 Å². The van der Waals surface area contributed by atoms with E-state index in [0.717, 1.165) is 13.8 Å². The number of carbonyl (C=O) groups is 5. The van der Waals surface area contributed by atoms with Gasteiger partial charge in [-0.15, -0.1) is 0 Å². The number of hydrogen-bond donors (Lipinski definition) is 4. The van der Waals surface area contributed by atoms with Crippen molar-refractivity contribution in [3.8, 4) is 11.5 Å². The Labute approximate surface area is 253 Å². The van der Waals surface area contributed by atoms with Gasteiger partial charge >= 0.3 is 18.1 Å². The molecule has 45 heavy (non-hydrogen) atoms. The number of benzene rings is 2. The maximum Gasteiger partial charge on any atom is 0.471 e. The van der Waals surface area contributed by atoms with Crippen LogP contribution in [0, 0.1) is 0 Å². The summed E-state index contributed by atoms with van der Waals surface area (Å²) < 4.78 is 56.2. The molecule has 0 aromatic heterocycles. The minimum Gasteiger partial charge on any atom is -0.507 e. The van der Waals surface area contributed by atoms with Crippen LogP contribution >= 0.6 is 0 Å². The predicted molar refractivity (Wildman–Crippen MR) is 143 cm³/mol. The Kier molecular flexibility index (Phi) is 8.00. The van der Waals surface area contributed by atoms with Crippen LogP contribution in [0.25, 0.3) is 0 Å². The van der Waals surface area contributed by atoms with Crippen molar-refractivity contribution in [2.75, 3.05) is 0 Å². The quantitative estimate of drug-likeness (QED) is 0.238. The third-order valence-corrected chi connectivity index (χ3v) is 8.29. The smallest absolute Gasteiger partial charge is 0.471 e. The Hall–Kier alpha value is -4.34. The molecule has 1 aliphatic heterocycles. The highest BCUT2D eigenvalue weighted by molar-refractivity contribution is 6.30. The molecule has 6 atom stereocenters. The molecule has 1 heterocycles. The molecule has 15 heteroatoms. The van der Waals surface area contributed by atoms with Crippen molar-refractivity contribution in [2.45, 2.75) is 82.5 Å². The number of ether oxygens (including phenoxy) is 3. The molecule has 1 fully saturated rings. The second-order valence-electron chi connectivity index (χ2n) is 11.3. The van der Waals surface area contributed by atoms with Crippen molar-refractivity contribution in [3.63, 3.8) is 0 Å². The topological polar surface area (TPSA) is 186 Å². The average Bonchev–Trinajstić information content (AvgIpc) is 2.94. The lowest BCUT2D eigenvalue weighted by Gasteiger charge is -2.43. The van der Waals surface area contributed by atoms with E-state index in [9.17, 15) is 52.5 Å². The van der Waals surface area contributed by atoms with Gasteiger partial charge < -0.3 is 34.8 Å². The molecule has 5 rings (SSSR count). The Morgan fingerprint density at radius 1 is 1.02 bits per heavy atom. The number of rotatable bonds is 5. The molecule has 2 aliphatic carbocycles. The number of Topliss-reactive ketones (excluding diaryl/α,β-unsaturated/α-hetero) is 1. The minimum atomic E-state index is -5.27. The number of amides is 1. The van der Waals surface area contributed by atoms with Gasteiger partial charge in [-0.2, -0.15) is 13.2 Å². The van der Waals surface area contributed by atoms with Gasteiger partial charge in [-0.05, 0) is 13.8 Å². The number of phenolic OH excluding ortho intramolecular Hbond substituents is 2. The fourth-order valence-electron chi connectivity index (χ4n) is 6.14.